The summed E-state index contributed by atoms with van der Waals surface area (Å²) in [5, 5.41) is 7.29. The molecule has 3 nitrogen and oxygen atoms in total. The molecule has 0 aliphatic carbocycles. The summed E-state index contributed by atoms with van der Waals surface area (Å²) in [4.78, 5) is 15.7. The first kappa shape index (κ1) is 13.3. The predicted octanol–water partition coefficient (Wildman–Crippen LogP) is 3.69. The molecule has 18 heavy (non-hydrogen) atoms. The zero-order valence-corrected chi connectivity index (χ0v) is 11.9. The Labute approximate surface area is 119 Å². The van der Waals surface area contributed by atoms with Crippen LogP contribution in [0.15, 0.2) is 22.9 Å². The number of pyridine rings is 1. The molecule has 0 spiro atoms. The smallest absolute Gasteiger partial charge is 0.251 e. The number of thiophene rings is 1. The van der Waals surface area contributed by atoms with E-state index in [4.69, 9.17) is 23.2 Å². The van der Waals surface area contributed by atoms with Crippen molar-refractivity contribution < 1.29 is 4.79 Å². The van der Waals surface area contributed by atoms with E-state index in [1.807, 2.05) is 17.7 Å². The Bertz CT molecular complexity index is 563. The Hall–Kier alpha value is -1.10. The van der Waals surface area contributed by atoms with Gasteiger partial charge in [-0.25, -0.2) is 4.98 Å². The van der Waals surface area contributed by atoms with Crippen molar-refractivity contribution in [3.63, 3.8) is 0 Å². The van der Waals surface area contributed by atoms with E-state index in [1.54, 1.807) is 11.3 Å². The minimum atomic E-state index is -0.216. The van der Waals surface area contributed by atoms with Gasteiger partial charge in [-0.1, -0.05) is 23.2 Å². The van der Waals surface area contributed by atoms with Gasteiger partial charge in [0.1, 0.15) is 10.3 Å². The molecule has 0 fully saturated rings. The Balaban J connectivity index is 2.06. The number of hydrogen-bond acceptors (Lipinski definition) is 3. The van der Waals surface area contributed by atoms with Gasteiger partial charge in [0.15, 0.2) is 0 Å². The van der Waals surface area contributed by atoms with Crippen LogP contribution in [0.3, 0.4) is 0 Å². The van der Waals surface area contributed by atoms with Crippen LogP contribution >= 0.6 is 34.5 Å². The van der Waals surface area contributed by atoms with Crippen molar-refractivity contribution in [3.8, 4) is 0 Å². The summed E-state index contributed by atoms with van der Waals surface area (Å²) in [5.41, 5.74) is 2.69. The molecule has 0 radical (unpaired) electrons. The van der Waals surface area contributed by atoms with E-state index in [0.29, 0.717) is 12.1 Å². The second-order valence-corrected chi connectivity index (χ2v) is 5.28. The van der Waals surface area contributed by atoms with Crippen LogP contribution in [-0.2, 0) is 6.54 Å². The van der Waals surface area contributed by atoms with Gasteiger partial charge in [-0.2, -0.15) is 11.3 Å². The third kappa shape index (κ3) is 3.22. The fraction of sp³-hybridized carbons (Fsp3) is 0.167. The number of hydrogen-bond donors (Lipinski definition) is 1. The molecule has 0 saturated heterocycles. The molecule has 0 aliphatic rings. The Morgan fingerprint density at radius 1 is 1.33 bits per heavy atom. The lowest BCUT2D eigenvalue weighted by molar-refractivity contribution is 0.0951. The summed E-state index contributed by atoms with van der Waals surface area (Å²) in [5.74, 6) is -0.216. The van der Waals surface area contributed by atoms with E-state index in [1.165, 1.54) is 17.7 Å². The number of carbonyl (C=O) groups excluding carboxylic acids is 1. The maximum atomic E-state index is 11.9. The third-order valence-corrected chi connectivity index (χ3v) is 3.72. The van der Waals surface area contributed by atoms with Crippen LogP contribution in [-0.4, -0.2) is 10.9 Å². The molecule has 0 atom stereocenters. The summed E-state index contributed by atoms with van der Waals surface area (Å²) in [6.07, 6.45) is 0. The molecular formula is C12H10Cl2N2OS. The molecule has 2 aromatic heterocycles. The summed E-state index contributed by atoms with van der Waals surface area (Å²) in [6, 6.07) is 2.98. The molecule has 1 amide bonds. The van der Waals surface area contributed by atoms with Crippen molar-refractivity contribution in [2.45, 2.75) is 13.5 Å². The van der Waals surface area contributed by atoms with Gasteiger partial charge in [0.2, 0.25) is 0 Å². The highest BCUT2D eigenvalue weighted by atomic mass is 35.5. The first-order chi connectivity index (χ1) is 8.56. The topological polar surface area (TPSA) is 42.0 Å². The summed E-state index contributed by atoms with van der Waals surface area (Å²) < 4.78 is 0. The lowest BCUT2D eigenvalue weighted by Crippen LogP contribution is -2.23. The minimum Gasteiger partial charge on any atom is -0.348 e. The van der Waals surface area contributed by atoms with Crippen LogP contribution in [0, 0.1) is 6.92 Å². The monoisotopic (exact) mass is 300 g/mol. The lowest BCUT2D eigenvalue weighted by atomic mass is 10.2. The number of carbonyl (C=O) groups is 1. The molecule has 2 heterocycles. The fourth-order valence-electron chi connectivity index (χ4n) is 1.44. The highest BCUT2D eigenvalue weighted by Crippen LogP contribution is 2.16. The predicted molar refractivity (Wildman–Crippen MR) is 74.5 cm³/mol. The van der Waals surface area contributed by atoms with Crippen molar-refractivity contribution in [3.05, 3.63) is 49.9 Å². The van der Waals surface area contributed by atoms with Gasteiger partial charge < -0.3 is 5.32 Å². The first-order valence-electron chi connectivity index (χ1n) is 5.19. The minimum absolute atomic E-state index is 0.208. The number of aromatic nitrogens is 1. The van der Waals surface area contributed by atoms with Crippen LogP contribution < -0.4 is 5.32 Å². The van der Waals surface area contributed by atoms with Crippen LogP contribution in [0.1, 0.15) is 21.5 Å². The molecule has 2 rings (SSSR count). The molecule has 0 aromatic carbocycles. The summed E-state index contributed by atoms with van der Waals surface area (Å²) in [6.45, 7) is 2.50. The molecule has 6 heteroatoms. The number of aryl methyl sites for hydroxylation is 1. The van der Waals surface area contributed by atoms with Gasteiger partial charge in [0, 0.05) is 12.1 Å². The number of amides is 1. The number of rotatable bonds is 3. The quantitative estimate of drug-likeness (QED) is 0.879. The van der Waals surface area contributed by atoms with Gasteiger partial charge >= 0.3 is 0 Å². The average molecular weight is 301 g/mol. The highest BCUT2D eigenvalue weighted by Gasteiger charge is 2.09. The first-order valence-corrected chi connectivity index (χ1v) is 6.89. The largest absolute Gasteiger partial charge is 0.348 e. The maximum Gasteiger partial charge on any atom is 0.251 e. The summed E-state index contributed by atoms with van der Waals surface area (Å²) >= 11 is 13.1. The lowest BCUT2D eigenvalue weighted by Gasteiger charge is -2.05. The summed E-state index contributed by atoms with van der Waals surface area (Å²) in [7, 11) is 0. The van der Waals surface area contributed by atoms with Crippen molar-refractivity contribution in [1.29, 1.82) is 0 Å². The average Bonchev–Trinajstić information content (AvgIpc) is 2.70. The van der Waals surface area contributed by atoms with Gasteiger partial charge in [-0.15, -0.1) is 0 Å². The van der Waals surface area contributed by atoms with E-state index in [0.717, 1.165) is 5.56 Å². The van der Waals surface area contributed by atoms with Crippen LogP contribution in [0.25, 0.3) is 0 Å². The van der Waals surface area contributed by atoms with Crippen molar-refractivity contribution in [1.82, 2.24) is 10.3 Å². The van der Waals surface area contributed by atoms with Crippen molar-refractivity contribution in [2.24, 2.45) is 0 Å². The number of nitrogens with one attached hydrogen (secondary N) is 1. The molecule has 1 N–H and O–H groups in total. The number of nitrogens with zero attached hydrogens (tertiary/aromatic N) is 1. The molecule has 0 bridgehead atoms. The normalized spacial score (nSPS) is 10.4. The molecule has 0 saturated carbocycles. The van der Waals surface area contributed by atoms with Gasteiger partial charge in [-0.05, 0) is 40.9 Å². The van der Waals surface area contributed by atoms with E-state index in [2.05, 4.69) is 10.3 Å². The molecular weight excluding hydrogens is 291 g/mol. The van der Waals surface area contributed by atoms with E-state index in [-0.39, 0.29) is 16.2 Å². The fourth-order valence-corrected chi connectivity index (χ4v) is 2.76. The highest BCUT2D eigenvalue weighted by molar-refractivity contribution is 7.08. The standard InChI is InChI=1S/C12H10Cl2N2OS/c1-7-5-18-6-9(7)4-15-12(17)8-2-10(13)16-11(14)3-8/h2-3,5-6H,4H2,1H3,(H,15,17). The molecule has 0 unspecified atom stereocenters. The second-order valence-electron chi connectivity index (χ2n) is 3.76. The Morgan fingerprint density at radius 2 is 2.00 bits per heavy atom. The second kappa shape index (κ2) is 5.69. The van der Waals surface area contributed by atoms with E-state index in [9.17, 15) is 4.79 Å². The maximum absolute atomic E-state index is 11.9. The van der Waals surface area contributed by atoms with E-state index >= 15 is 0 Å². The zero-order valence-electron chi connectivity index (χ0n) is 9.54. The van der Waals surface area contributed by atoms with Crippen LogP contribution in [0.5, 0.6) is 0 Å². The number of halogens is 2. The SMILES string of the molecule is Cc1cscc1CNC(=O)c1cc(Cl)nc(Cl)c1. The van der Waals surface area contributed by atoms with Crippen LogP contribution in [0.2, 0.25) is 10.3 Å². The Kier molecular flexibility index (Phi) is 4.22. The zero-order chi connectivity index (χ0) is 13.1. The van der Waals surface area contributed by atoms with Gasteiger partial charge in [-0.3, -0.25) is 4.79 Å². The molecule has 94 valence electrons. The van der Waals surface area contributed by atoms with Gasteiger partial charge in [0.25, 0.3) is 5.91 Å². The van der Waals surface area contributed by atoms with Gasteiger partial charge in [0.05, 0.1) is 0 Å². The van der Waals surface area contributed by atoms with Crippen molar-refractivity contribution in [2.75, 3.05) is 0 Å². The molecule has 0 aliphatic heterocycles. The van der Waals surface area contributed by atoms with Crippen LogP contribution in [0.4, 0.5) is 0 Å². The Morgan fingerprint density at radius 3 is 2.56 bits per heavy atom. The van der Waals surface area contributed by atoms with E-state index < -0.39 is 0 Å². The van der Waals surface area contributed by atoms with Crippen molar-refractivity contribution >= 4 is 40.4 Å². The molecule has 2 aromatic rings. The third-order valence-electron chi connectivity index (χ3n) is 2.43.